The summed E-state index contributed by atoms with van der Waals surface area (Å²) in [5.41, 5.74) is 4.63. The van der Waals surface area contributed by atoms with Crippen LogP contribution in [0.25, 0.3) is 0 Å². The van der Waals surface area contributed by atoms with Crippen molar-refractivity contribution in [2.45, 2.75) is 26.4 Å². The minimum Gasteiger partial charge on any atom is -0.357 e. The summed E-state index contributed by atoms with van der Waals surface area (Å²) in [4.78, 5) is 35.7. The first-order chi connectivity index (χ1) is 16.1. The molecule has 2 aromatic carbocycles. The van der Waals surface area contributed by atoms with Gasteiger partial charge >= 0.3 is 0 Å². The molecule has 0 unspecified atom stereocenters. The molecule has 1 aliphatic heterocycles. The second-order valence-corrected chi connectivity index (χ2v) is 8.27. The Hall–Kier alpha value is -4.13. The topological polar surface area (TPSA) is 83.0 Å². The molecule has 7 heteroatoms. The lowest BCUT2D eigenvalue weighted by molar-refractivity contribution is 0.0702. The summed E-state index contributed by atoms with van der Waals surface area (Å²) in [5.74, 6) is 0.482. The summed E-state index contributed by atoms with van der Waals surface area (Å²) in [7, 11) is 0. The van der Waals surface area contributed by atoms with Gasteiger partial charge < -0.3 is 19.8 Å². The normalized spacial score (nSPS) is 12.9. The molecule has 0 aliphatic carbocycles. The van der Waals surface area contributed by atoms with E-state index in [4.69, 9.17) is 4.98 Å². The molecule has 7 nitrogen and oxygen atoms in total. The monoisotopic (exact) mass is 439 g/mol. The van der Waals surface area contributed by atoms with E-state index >= 15 is 0 Å². The highest BCUT2D eigenvalue weighted by atomic mass is 16.2. The van der Waals surface area contributed by atoms with Crippen molar-refractivity contribution in [1.29, 1.82) is 0 Å². The Morgan fingerprint density at radius 1 is 1.00 bits per heavy atom. The predicted octanol–water partition coefficient (Wildman–Crippen LogP) is 4.02. The number of amides is 2. The number of H-pyrrole nitrogens is 1. The Labute approximate surface area is 192 Å². The van der Waals surface area contributed by atoms with Gasteiger partial charge in [-0.25, -0.2) is 4.98 Å². The molecular formula is C26H25N5O2. The third-order valence-corrected chi connectivity index (χ3v) is 5.93. The zero-order valence-electron chi connectivity index (χ0n) is 18.4. The van der Waals surface area contributed by atoms with Gasteiger partial charge in [0, 0.05) is 31.4 Å². The Morgan fingerprint density at radius 2 is 1.79 bits per heavy atom. The van der Waals surface area contributed by atoms with Gasteiger partial charge in [0.2, 0.25) is 0 Å². The quantitative estimate of drug-likeness (QED) is 0.493. The molecule has 0 fully saturated rings. The van der Waals surface area contributed by atoms with Gasteiger partial charge in [-0.15, -0.1) is 0 Å². The number of carbonyl (C=O) groups is 2. The second-order valence-electron chi connectivity index (χ2n) is 8.27. The number of rotatable bonds is 5. The van der Waals surface area contributed by atoms with E-state index in [0.717, 1.165) is 22.6 Å². The molecule has 2 aromatic heterocycles. The van der Waals surface area contributed by atoms with Gasteiger partial charge in [0.25, 0.3) is 11.8 Å². The first kappa shape index (κ1) is 20.8. The molecule has 3 heterocycles. The van der Waals surface area contributed by atoms with E-state index in [1.54, 1.807) is 23.2 Å². The Morgan fingerprint density at radius 3 is 2.52 bits per heavy atom. The van der Waals surface area contributed by atoms with E-state index in [1.807, 2.05) is 49.4 Å². The van der Waals surface area contributed by atoms with Crippen LogP contribution in [-0.2, 0) is 19.5 Å². The van der Waals surface area contributed by atoms with Crippen LogP contribution < -0.4 is 5.32 Å². The number of fused-ring (bicyclic) bond motifs is 1. The van der Waals surface area contributed by atoms with Gasteiger partial charge in [0.1, 0.15) is 11.5 Å². The maximum atomic E-state index is 13.2. The van der Waals surface area contributed by atoms with E-state index in [-0.39, 0.29) is 11.8 Å². The van der Waals surface area contributed by atoms with Gasteiger partial charge in [-0.3, -0.25) is 9.59 Å². The van der Waals surface area contributed by atoms with Crippen molar-refractivity contribution in [3.05, 3.63) is 107 Å². The number of nitrogens with one attached hydrogen (secondary N) is 2. The fourth-order valence-electron chi connectivity index (χ4n) is 4.17. The van der Waals surface area contributed by atoms with Crippen molar-refractivity contribution < 1.29 is 9.59 Å². The smallest absolute Gasteiger partial charge is 0.276 e. The third kappa shape index (κ3) is 4.30. The van der Waals surface area contributed by atoms with Crippen LogP contribution in [0.1, 0.15) is 43.6 Å². The second kappa shape index (κ2) is 8.78. The fraction of sp³-hybridized carbons (Fsp3) is 0.192. The number of aromatic nitrogens is 3. The summed E-state index contributed by atoms with van der Waals surface area (Å²) in [6, 6.07) is 21.3. The number of nitrogens with zero attached hydrogens (tertiary/aromatic N) is 3. The minimum absolute atomic E-state index is 0.0815. The predicted molar refractivity (Wildman–Crippen MR) is 126 cm³/mol. The maximum absolute atomic E-state index is 13.2. The minimum atomic E-state index is -0.268. The van der Waals surface area contributed by atoms with Crippen LogP contribution in [0, 0.1) is 6.92 Å². The van der Waals surface area contributed by atoms with Gasteiger partial charge in [-0.2, -0.15) is 0 Å². The van der Waals surface area contributed by atoms with Crippen molar-refractivity contribution in [2.75, 3.05) is 11.9 Å². The zero-order chi connectivity index (χ0) is 22.8. The number of aromatic amines is 1. The average Bonchev–Trinajstić information content (AvgIpc) is 3.49. The van der Waals surface area contributed by atoms with E-state index in [2.05, 4.69) is 27.0 Å². The molecule has 0 radical (unpaired) electrons. The highest BCUT2D eigenvalue weighted by Gasteiger charge is 2.30. The number of anilines is 1. The highest BCUT2D eigenvalue weighted by molar-refractivity contribution is 6.04. The molecule has 0 saturated carbocycles. The molecule has 2 N–H and O–H groups in total. The van der Waals surface area contributed by atoms with Crippen molar-refractivity contribution in [3.8, 4) is 0 Å². The highest BCUT2D eigenvalue weighted by Crippen LogP contribution is 2.24. The lowest BCUT2D eigenvalue weighted by atomic mass is 10.1. The summed E-state index contributed by atoms with van der Waals surface area (Å²) in [6.07, 6.45) is 2.36. The van der Waals surface area contributed by atoms with Crippen molar-refractivity contribution in [1.82, 2.24) is 19.4 Å². The average molecular weight is 440 g/mol. The molecule has 0 atom stereocenters. The Balaban J connectivity index is 1.47. The third-order valence-electron chi connectivity index (χ3n) is 5.93. The standard InChI is InChI=1S/C26H25N5O2/c1-18-9-11-20(12-10-18)28-25(32)24-22-17-30(26(33)21-8-5-13-27-21)14-15-31(22)23(29-24)16-19-6-3-2-4-7-19/h2-13,27H,14-17H2,1H3,(H,28,32). The Bertz CT molecular complexity index is 1270. The molecule has 0 bridgehead atoms. The van der Waals surface area contributed by atoms with Crippen LogP contribution >= 0.6 is 0 Å². The molecule has 0 saturated heterocycles. The van der Waals surface area contributed by atoms with Gasteiger partial charge in [0.15, 0.2) is 5.69 Å². The van der Waals surface area contributed by atoms with Crippen LogP contribution in [0.3, 0.4) is 0 Å². The number of hydrogen-bond donors (Lipinski definition) is 2. The lowest BCUT2D eigenvalue weighted by Crippen LogP contribution is -2.39. The largest absolute Gasteiger partial charge is 0.357 e. The van der Waals surface area contributed by atoms with Crippen LogP contribution in [0.4, 0.5) is 5.69 Å². The number of hydrogen-bond acceptors (Lipinski definition) is 3. The molecular weight excluding hydrogens is 414 g/mol. The van der Waals surface area contributed by atoms with Crippen molar-refractivity contribution in [2.24, 2.45) is 0 Å². The first-order valence-electron chi connectivity index (χ1n) is 11.0. The number of imidazole rings is 1. The van der Waals surface area contributed by atoms with Crippen molar-refractivity contribution >= 4 is 17.5 Å². The van der Waals surface area contributed by atoms with Gasteiger partial charge in [0.05, 0.1) is 12.2 Å². The van der Waals surface area contributed by atoms with Crippen LogP contribution in [0.5, 0.6) is 0 Å². The SMILES string of the molecule is Cc1ccc(NC(=O)c2nc(Cc3ccccc3)n3c2CN(C(=O)c2ccc[nH]2)CC3)cc1. The van der Waals surface area contributed by atoms with E-state index < -0.39 is 0 Å². The summed E-state index contributed by atoms with van der Waals surface area (Å²) in [6.45, 7) is 3.48. The molecule has 5 rings (SSSR count). The van der Waals surface area contributed by atoms with E-state index in [1.165, 1.54) is 0 Å². The molecule has 4 aromatic rings. The van der Waals surface area contributed by atoms with Gasteiger partial charge in [-0.05, 0) is 36.8 Å². The lowest BCUT2D eigenvalue weighted by Gasteiger charge is -2.29. The van der Waals surface area contributed by atoms with Gasteiger partial charge in [-0.1, -0.05) is 48.0 Å². The molecule has 2 amide bonds. The summed E-state index contributed by atoms with van der Waals surface area (Å²) >= 11 is 0. The molecule has 33 heavy (non-hydrogen) atoms. The number of aryl methyl sites for hydroxylation is 1. The van der Waals surface area contributed by atoms with Crippen LogP contribution in [-0.4, -0.2) is 37.8 Å². The Kier molecular flexibility index (Phi) is 5.52. The molecule has 1 aliphatic rings. The van der Waals surface area contributed by atoms with E-state index in [0.29, 0.717) is 43.1 Å². The van der Waals surface area contributed by atoms with Crippen molar-refractivity contribution in [3.63, 3.8) is 0 Å². The summed E-state index contributed by atoms with van der Waals surface area (Å²) < 4.78 is 2.09. The van der Waals surface area contributed by atoms with Crippen LogP contribution in [0.2, 0.25) is 0 Å². The first-order valence-corrected chi connectivity index (χ1v) is 11.0. The fourth-order valence-corrected chi connectivity index (χ4v) is 4.17. The number of carbonyl (C=O) groups excluding carboxylic acids is 2. The zero-order valence-corrected chi connectivity index (χ0v) is 18.4. The summed E-state index contributed by atoms with van der Waals surface area (Å²) in [5, 5.41) is 2.96. The maximum Gasteiger partial charge on any atom is 0.276 e. The van der Waals surface area contributed by atoms with Crippen LogP contribution in [0.15, 0.2) is 72.9 Å². The molecule has 0 spiro atoms. The number of benzene rings is 2. The van der Waals surface area contributed by atoms with E-state index in [9.17, 15) is 9.59 Å². The molecule has 166 valence electrons.